The first kappa shape index (κ1) is 20.7. The van der Waals surface area contributed by atoms with Gasteiger partial charge in [0.15, 0.2) is 0 Å². The molecule has 2 N–H and O–H groups in total. The molecule has 0 amide bonds. The average molecular weight is 414 g/mol. The average Bonchev–Trinajstić information content (AvgIpc) is 2.75. The molecular formula is C23H31N3O2S. The Morgan fingerprint density at radius 1 is 1.07 bits per heavy atom. The second-order valence-electron chi connectivity index (χ2n) is 8.34. The Morgan fingerprint density at radius 3 is 2.62 bits per heavy atom. The van der Waals surface area contributed by atoms with Crippen molar-refractivity contribution in [1.29, 1.82) is 0 Å². The highest BCUT2D eigenvalue weighted by Gasteiger charge is 2.42. The fraction of sp³-hybridized carbons (Fsp3) is 0.478. The molecule has 29 heavy (non-hydrogen) atoms. The zero-order valence-corrected chi connectivity index (χ0v) is 18.0. The van der Waals surface area contributed by atoms with E-state index in [4.69, 9.17) is 4.55 Å². The molecule has 5 nitrogen and oxygen atoms in total. The number of piperidine rings is 1. The molecule has 0 aliphatic carbocycles. The molecule has 1 atom stereocenters. The van der Waals surface area contributed by atoms with E-state index < -0.39 is 11.3 Å². The molecule has 1 unspecified atom stereocenters. The Bertz CT molecular complexity index is 865. The fourth-order valence-corrected chi connectivity index (χ4v) is 5.32. The molecule has 156 valence electrons. The zero-order chi connectivity index (χ0) is 20.3. The number of hydrogen-bond acceptors (Lipinski definition) is 3. The molecule has 6 heteroatoms. The van der Waals surface area contributed by atoms with E-state index in [1.807, 2.05) is 12.1 Å². The van der Waals surface area contributed by atoms with Crippen LogP contribution in [0.25, 0.3) is 0 Å². The van der Waals surface area contributed by atoms with E-state index in [1.165, 1.54) is 24.0 Å². The third-order valence-electron chi connectivity index (χ3n) is 6.76. The van der Waals surface area contributed by atoms with Gasteiger partial charge in [-0.05, 0) is 55.0 Å². The minimum atomic E-state index is -1.97. The highest BCUT2D eigenvalue weighted by atomic mass is 32.2. The SMILES string of the molecule is CN1CCc2ccccc2C12CCN(CCc1cccc(CNS(=O)O)c1)CC2. The van der Waals surface area contributed by atoms with E-state index in [0.29, 0.717) is 6.54 Å². The van der Waals surface area contributed by atoms with Crippen molar-refractivity contribution in [3.8, 4) is 0 Å². The van der Waals surface area contributed by atoms with E-state index in [9.17, 15) is 4.21 Å². The van der Waals surface area contributed by atoms with Gasteiger partial charge in [0, 0.05) is 38.3 Å². The molecule has 2 aromatic rings. The molecule has 1 saturated heterocycles. The molecule has 2 aliphatic rings. The number of hydrogen-bond donors (Lipinski definition) is 2. The van der Waals surface area contributed by atoms with Gasteiger partial charge in [-0.15, -0.1) is 0 Å². The fourth-order valence-electron chi connectivity index (χ4n) is 5.03. The maximum atomic E-state index is 10.8. The summed E-state index contributed by atoms with van der Waals surface area (Å²) in [6.07, 6.45) is 4.54. The van der Waals surface area contributed by atoms with Crippen LogP contribution in [-0.4, -0.2) is 51.8 Å². The number of fused-ring (bicyclic) bond motifs is 2. The molecule has 4 rings (SSSR count). The van der Waals surface area contributed by atoms with Gasteiger partial charge in [0.25, 0.3) is 0 Å². The molecule has 1 fully saturated rings. The molecular weight excluding hydrogens is 382 g/mol. The van der Waals surface area contributed by atoms with Gasteiger partial charge in [0.2, 0.25) is 11.3 Å². The molecule has 2 aliphatic heterocycles. The van der Waals surface area contributed by atoms with Crippen LogP contribution in [0.1, 0.15) is 35.1 Å². The topological polar surface area (TPSA) is 55.8 Å². The Labute approximate surface area is 176 Å². The standard InChI is InChI=1S/C23H31N3O2S/c1-25-13-10-21-7-2-3-8-22(21)23(25)11-15-26(16-12-23)14-9-19-5-4-6-20(17-19)18-24-29(27)28/h2-8,17,24H,9-16,18H2,1H3,(H,27,28). The van der Waals surface area contributed by atoms with Crippen molar-refractivity contribution >= 4 is 11.3 Å². The van der Waals surface area contributed by atoms with Crippen LogP contribution in [0, 0.1) is 0 Å². The summed E-state index contributed by atoms with van der Waals surface area (Å²) in [5.74, 6) is 0. The predicted octanol–water partition coefficient (Wildman–Crippen LogP) is 2.93. The van der Waals surface area contributed by atoms with Gasteiger partial charge in [0.05, 0.1) is 0 Å². The molecule has 0 radical (unpaired) electrons. The lowest BCUT2D eigenvalue weighted by Crippen LogP contribution is -2.54. The molecule has 2 heterocycles. The van der Waals surface area contributed by atoms with Crippen LogP contribution in [0.2, 0.25) is 0 Å². The van der Waals surface area contributed by atoms with Gasteiger partial charge in [-0.1, -0.05) is 48.5 Å². The first-order valence-electron chi connectivity index (χ1n) is 10.5. The van der Waals surface area contributed by atoms with Gasteiger partial charge in [-0.25, -0.2) is 8.93 Å². The van der Waals surface area contributed by atoms with Crippen molar-refractivity contribution < 1.29 is 8.76 Å². The normalized spacial score (nSPS) is 20.5. The minimum Gasteiger partial charge on any atom is -0.303 e. The van der Waals surface area contributed by atoms with E-state index in [1.54, 1.807) is 5.56 Å². The van der Waals surface area contributed by atoms with Crippen molar-refractivity contribution in [3.05, 3.63) is 70.8 Å². The van der Waals surface area contributed by atoms with Crippen LogP contribution in [0.3, 0.4) is 0 Å². The summed E-state index contributed by atoms with van der Waals surface area (Å²) >= 11 is -1.97. The van der Waals surface area contributed by atoms with Crippen LogP contribution in [0.5, 0.6) is 0 Å². The van der Waals surface area contributed by atoms with Gasteiger partial charge < -0.3 is 4.90 Å². The summed E-state index contributed by atoms with van der Waals surface area (Å²) < 4.78 is 22.3. The highest BCUT2D eigenvalue weighted by molar-refractivity contribution is 7.77. The Hall–Kier alpha value is -1.57. The van der Waals surface area contributed by atoms with Gasteiger partial charge in [-0.2, -0.15) is 0 Å². The number of nitrogens with one attached hydrogen (secondary N) is 1. The largest absolute Gasteiger partial charge is 0.303 e. The Morgan fingerprint density at radius 2 is 1.83 bits per heavy atom. The van der Waals surface area contributed by atoms with Crippen molar-refractivity contribution in [2.24, 2.45) is 0 Å². The van der Waals surface area contributed by atoms with Crippen molar-refractivity contribution in [2.75, 3.05) is 33.2 Å². The highest BCUT2D eigenvalue weighted by Crippen LogP contribution is 2.42. The molecule has 0 bridgehead atoms. The number of likely N-dealkylation sites (N-methyl/N-ethyl adjacent to an activating group) is 1. The quantitative estimate of drug-likeness (QED) is 0.715. The summed E-state index contributed by atoms with van der Waals surface area (Å²) in [4.78, 5) is 5.18. The second-order valence-corrected chi connectivity index (χ2v) is 9.13. The smallest absolute Gasteiger partial charge is 0.232 e. The van der Waals surface area contributed by atoms with E-state index in [-0.39, 0.29) is 5.54 Å². The zero-order valence-electron chi connectivity index (χ0n) is 17.1. The summed E-state index contributed by atoms with van der Waals surface area (Å²) in [5, 5.41) is 0. The summed E-state index contributed by atoms with van der Waals surface area (Å²) in [7, 11) is 2.30. The number of nitrogens with zero attached hydrogens (tertiary/aromatic N) is 2. The molecule has 0 aromatic heterocycles. The van der Waals surface area contributed by atoms with Gasteiger partial charge >= 0.3 is 0 Å². The molecule has 0 saturated carbocycles. The lowest BCUT2D eigenvalue weighted by Gasteiger charge is -2.51. The first-order valence-corrected chi connectivity index (χ1v) is 11.6. The Kier molecular flexibility index (Phi) is 6.47. The molecule has 1 spiro atoms. The number of rotatable bonds is 6. The van der Waals surface area contributed by atoms with Gasteiger partial charge in [-0.3, -0.25) is 9.45 Å². The second kappa shape index (κ2) is 9.06. The van der Waals surface area contributed by atoms with Crippen molar-refractivity contribution in [2.45, 2.75) is 37.8 Å². The minimum absolute atomic E-state index is 0.205. The van der Waals surface area contributed by atoms with Crippen LogP contribution in [0.4, 0.5) is 0 Å². The maximum absolute atomic E-state index is 10.8. The summed E-state index contributed by atoms with van der Waals surface area (Å²) in [5.41, 5.74) is 5.62. The van der Waals surface area contributed by atoms with Crippen LogP contribution < -0.4 is 4.72 Å². The first-order chi connectivity index (χ1) is 14.1. The number of likely N-dealkylation sites (tertiary alicyclic amines) is 1. The van der Waals surface area contributed by atoms with Gasteiger partial charge in [0.1, 0.15) is 0 Å². The third-order valence-corrected chi connectivity index (χ3v) is 7.15. The maximum Gasteiger partial charge on any atom is 0.232 e. The van der Waals surface area contributed by atoms with E-state index in [2.05, 4.69) is 58.0 Å². The van der Waals surface area contributed by atoms with Crippen LogP contribution in [-0.2, 0) is 36.2 Å². The molecule has 2 aromatic carbocycles. The summed E-state index contributed by atoms with van der Waals surface area (Å²) in [6.45, 7) is 4.88. The van der Waals surface area contributed by atoms with Crippen LogP contribution >= 0.6 is 0 Å². The van der Waals surface area contributed by atoms with Crippen LogP contribution in [0.15, 0.2) is 48.5 Å². The predicted molar refractivity (Wildman–Crippen MR) is 118 cm³/mol. The Balaban J connectivity index is 1.35. The third kappa shape index (κ3) is 4.62. The number of benzene rings is 2. The van der Waals surface area contributed by atoms with Crippen molar-refractivity contribution in [1.82, 2.24) is 14.5 Å². The lowest BCUT2D eigenvalue weighted by molar-refractivity contribution is 0.0284. The summed E-state index contributed by atoms with van der Waals surface area (Å²) in [6, 6.07) is 17.3. The van der Waals surface area contributed by atoms with E-state index >= 15 is 0 Å². The van der Waals surface area contributed by atoms with Crippen molar-refractivity contribution in [3.63, 3.8) is 0 Å². The van der Waals surface area contributed by atoms with E-state index in [0.717, 1.165) is 44.6 Å². The monoisotopic (exact) mass is 413 g/mol. The lowest BCUT2D eigenvalue weighted by atomic mass is 9.74.